The summed E-state index contributed by atoms with van der Waals surface area (Å²) in [4.78, 5) is 6.89. The van der Waals surface area contributed by atoms with Crippen molar-refractivity contribution in [3.63, 3.8) is 0 Å². The highest BCUT2D eigenvalue weighted by molar-refractivity contribution is 14.0. The van der Waals surface area contributed by atoms with Gasteiger partial charge in [0, 0.05) is 33.3 Å². The smallest absolute Gasteiger partial charge is 0.193 e. The molecule has 0 aromatic carbocycles. The molecular formula is C19H36IN3O2. The van der Waals surface area contributed by atoms with Gasteiger partial charge in [0.15, 0.2) is 5.96 Å². The molecule has 6 heteroatoms. The van der Waals surface area contributed by atoms with Crippen LogP contribution in [-0.2, 0) is 9.47 Å². The zero-order valence-electron chi connectivity index (χ0n) is 15.8. The first-order chi connectivity index (χ1) is 11.9. The van der Waals surface area contributed by atoms with E-state index in [4.69, 9.17) is 9.47 Å². The average molecular weight is 465 g/mol. The number of guanidine groups is 1. The van der Waals surface area contributed by atoms with Crippen molar-refractivity contribution in [2.24, 2.45) is 10.9 Å². The standard InChI is InChI=1S/C19H35N3O2.HI/c1-20-19(21-14-16-8-5-3-2-4-6-9-16)22-11-13-24-18(15-22)17-10-7-12-23-17;/h16-18H,2-15H2,1H3,(H,20,21);1H. The number of ether oxygens (including phenoxy) is 2. The van der Waals surface area contributed by atoms with Crippen LogP contribution in [0.25, 0.3) is 0 Å². The second-order valence-corrected chi connectivity index (χ2v) is 7.55. The van der Waals surface area contributed by atoms with E-state index >= 15 is 0 Å². The summed E-state index contributed by atoms with van der Waals surface area (Å²) in [6.45, 7) is 4.55. The summed E-state index contributed by atoms with van der Waals surface area (Å²) in [5.41, 5.74) is 0. The van der Waals surface area contributed by atoms with Gasteiger partial charge in [-0.05, 0) is 31.6 Å². The highest BCUT2D eigenvalue weighted by Gasteiger charge is 2.32. The monoisotopic (exact) mass is 465 g/mol. The van der Waals surface area contributed by atoms with E-state index in [1.807, 2.05) is 7.05 Å². The molecular weight excluding hydrogens is 429 g/mol. The summed E-state index contributed by atoms with van der Waals surface area (Å²) < 4.78 is 11.8. The highest BCUT2D eigenvalue weighted by Crippen LogP contribution is 2.23. The van der Waals surface area contributed by atoms with E-state index in [0.29, 0.717) is 0 Å². The Bertz CT molecular complexity index is 394. The van der Waals surface area contributed by atoms with Crippen LogP contribution < -0.4 is 5.32 Å². The van der Waals surface area contributed by atoms with Crippen molar-refractivity contribution in [3.05, 3.63) is 0 Å². The summed E-state index contributed by atoms with van der Waals surface area (Å²) >= 11 is 0. The van der Waals surface area contributed by atoms with Crippen molar-refractivity contribution in [2.45, 2.75) is 70.0 Å². The number of nitrogens with zero attached hydrogens (tertiary/aromatic N) is 2. The number of rotatable bonds is 3. The Hall–Kier alpha value is -0.0800. The van der Waals surface area contributed by atoms with Crippen LogP contribution in [0, 0.1) is 5.92 Å². The third-order valence-electron chi connectivity index (χ3n) is 5.76. The van der Waals surface area contributed by atoms with E-state index < -0.39 is 0 Å². The lowest BCUT2D eigenvalue weighted by atomic mass is 9.91. The minimum atomic E-state index is 0. The van der Waals surface area contributed by atoms with Crippen molar-refractivity contribution in [3.8, 4) is 0 Å². The number of aliphatic imine (C=N–C) groups is 1. The third-order valence-corrected chi connectivity index (χ3v) is 5.76. The van der Waals surface area contributed by atoms with Crippen molar-refractivity contribution < 1.29 is 9.47 Å². The molecule has 0 aromatic rings. The van der Waals surface area contributed by atoms with Crippen LogP contribution >= 0.6 is 24.0 Å². The summed E-state index contributed by atoms with van der Waals surface area (Å²) in [7, 11) is 1.90. The molecule has 2 heterocycles. The molecule has 3 aliphatic rings. The van der Waals surface area contributed by atoms with Gasteiger partial charge in [0.25, 0.3) is 0 Å². The fraction of sp³-hybridized carbons (Fsp3) is 0.947. The van der Waals surface area contributed by atoms with Crippen LogP contribution in [-0.4, -0.2) is 63.0 Å². The van der Waals surface area contributed by atoms with Gasteiger partial charge in [0.2, 0.25) is 0 Å². The van der Waals surface area contributed by atoms with Crippen LogP contribution in [0.2, 0.25) is 0 Å². The fourth-order valence-electron chi connectivity index (χ4n) is 4.30. The molecule has 0 bridgehead atoms. The molecule has 2 aliphatic heterocycles. The number of hydrogen-bond acceptors (Lipinski definition) is 3. The molecule has 0 spiro atoms. The molecule has 0 radical (unpaired) electrons. The predicted octanol–water partition coefficient (Wildman–Crippen LogP) is 3.42. The maximum absolute atomic E-state index is 5.96. The lowest BCUT2D eigenvalue weighted by Crippen LogP contribution is -2.53. The first-order valence-corrected chi connectivity index (χ1v) is 10.1. The maximum Gasteiger partial charge on any atom is 0.193 e. The van der Waals surface area contributed by atoms with Crippen LogP contribution in [0.3, 0.4) is 0 Å². The van der Waals surface area contributed by atoms with Crippen molar-refractivity contribution in [2.75, 3.05) is 39.9 Å². The van der Waals surface area contributed by atoms with Gasteiger partial charge < -0.3 is 19.7 Å². The van der Waals surface area contributed by atoms with E-state index in [9.17, 15) is 0 Å². The summed E-state index contributed by atoms with van der Waals surface area (Å²) in [5, 5.41) is 3.65. The fourth-order valence-corrected chi connectivity index (χ4v) is 4.30. The van der Waals surface area contributed by atoms with Crippen molar-refractivity contribution >= 4 is 29.9 Å². The first kappa shape index (κ1) is 21.2. The summed E-state index contributed by atoms with van der Waals surface area (Å²) in [5.74, 6) is 1.85. The molecule has 3 fully saturated rings. The molecule has 2 saturated heterocycles. The molecule has 5 nitrogen and oxygen atoms in total. The molecule has 1 aliphatic carbocycles. The first-order valence-electron chi connectivity index (χ1n) is 10.1. The number of hydrogen-bond donors (Lipinski definition) is 1. The Labute approximate surface area is 170 Å². The molecule has 0 amide bonds. The van der Waals surface area contributed by atoms with Gasteiger partial charge in [0.1, 0.15) is 6.10 Å². The van der Waals surface area contributed by atoms with Gasteiger partial charge in [-0.1, -0.05) is 32.1 Å². The number of nitrogens with one attached hydrogen (secondary N) is 1. The number of morpholine rings is 1. The Morgan fingerprint density at radius 2 is 1.68 bits per heavy atom. The second-order valence-electron chi connectivity index (χ2n) is 7.55. The zero-order valence-corrected chi connectivity index (χ0v) is 18.1. The Balaban J connectivity index is 0.00000225. The second kappa shape index (κ2) is 11.6. The van der Waals surface area contributed by atoms with Gasteiger partial charge >= 0.3 is 0 Å². The Kier molecular flexibility index (Phi) is 9.84. The number of halogens is 1. The molecule has 146 valence electrons. The molecule has 0 aromatic heterocycles. The minimum Gasteiger partial charge on any atom is -0.375 e. The van der Waals surface area contributed by atoms with Gasteiger partial charge in [-0.15, -0.1) is 24.0 Å². The lowest BCUT2D eigenvalue weighted by molar-refractivity contribution is -0.0817. The minimum absolute atomic E-state index is 0. The summed E-state index contributed by atoms with van der Waals surface area (Å²) in [6.07, 6.45) is 12.5. The molecule has 1 N–H and O–H groups in total. The van der Waals surface area contributed by atoms with Crippen molar-refractivity contribution in [1.82, 2.24) is 10.2 Å². The Morgan fingerprint density at radius 1 is 0.960 bits per heavy atom. The molecule has 25 heavy (non-hydrogen) atoms. The Morgan fingerprint density at radius 3 is 2.36 bits per heavy atom. The third kappa shape index (κ3) is 6.54. The molecule has 1 saturated carbocycles. The van der Waals surface area contributed by atoms with Gasteiger partial charge in [0.05, 0.1) is 12.7 Å². The quantitative estimate of drug-likeness (QED) is 0.394. The SMILES string of the molecule is CN=C(NCC1CCCCCCC1)N1CCOC(C2CCCO2)C1.I. The van der Waals surface area contributed by atoms with Crippen LogP contribution in [0.15, 0.2) is 4.99 Å². The normalized spacial score (nSPS) is 29.6. The van der Waals surface area contributed by atoms with Gasteiger partial charge in [-0.3, -0.25) is 4.99 Å². The van der Waals surface area contributed by atoms with E-state index in [0.717, 1.165) is 51.1 Å². The van der Waals surface area contributed by atoms with E-state index in [1.54, 1.807) is 0 Å². The molecule has 2 unspecified atom stereocenters. The topological polar surface area (TPSA) is 46.1 Å². The summed E-state index contributed by atoms with van der Waals surface area (Å²) in [6, 6.07) is 0. The van der Waals surface area contributed by atoms with Crippen LogP contribution in [0.4, 0.5) is 0 Å². The van der Waals surface area contributed by atoms with Gasteiger partial charge in [-0.25, -0.2) is 0 Å². The van der Waals surface area contributed by atoms with Crippen LogP contribution in [0.1, 0.15) is 57.8 Å². The average Bonchev–Trinajstić information content (AvgIpc) is 3.12. The predicted molar refractivity (Wildman–Crippen MR) is 113 cm³/mol. The molecule has 3 rings (SSSR count). The highest BCUT2D eigenvalue weighted by atomic mass is 127. The molecule has 2 atom stereocenters. The maximum atomic E-state index is 5.96. The van der Waals surface area contributed by atoms with Crippen LogP contribution in [0.5, 0.6) is 0 Å². The van der Waals surface area contributed by atoms with E-state index in [1.165, 1.54) is 51.4 Å². The van der Waals surface area contributed by atoms with E-state index in [2.05, 4.69) is 15.2 Å². The largest absolute Gasteiger partial charge is 0.375 e. The van der Waals surface area contributed by atoms with E-state index in [-0.39, 0.29) is 36.2 Å². The zero-order chi connectivity index (χ0) is 16.6. The van der Waals surface area contributed by atoms with Gasteiger partial charge in [-0.2, -0.15) is 0 Å². The lowest BCUT2D eigenvalue weighted by Gasteiger charge is -2.37. The van der Waals surface area contributed by atoms with Crippen molar-refractivity contribution in [1.29, 1.82) is 0 Å².